The normalized spacial score (nSPS) is 12.4. The minimum absolute atomic E-state index is 0.0574. The zero-order valence-electron chi connectivity index (χ0n) is 26.8. The third kappa shape index (κ3) is 31.6. The zero-order chi connectivity index (χ0) is 28.5. The molecule has 0 saturated carbocycles. The van der Waals surface area contributed by atoms with Gasteiger partial charge < -0.3 is 10.4 Å². The second-order valence-electron chi connectivity index (χ2n) is 12.2. The first kappa shape index (κ1) is 38.2. The average Bonchev–Trinajstić information content (AvgIpc) is 2.94. The highest BCUT2D eigenvalue weighted by atomic mass is 16.3. The molecule has 3 nitrogen and oxygen atoms in total. The predicted molar refractivity (Wildman–Crippen MR) is 173 cm³/mol. The molecule has 0 unspecified atom stereocenters. The average molecular weight is 550 g/mol. The number of rotatable bonds is 32. The molecule has 0 bridgehead atoms. The van der Waals surface area contributed by atoms with Crippen molar-refractivity contribution >= 4 is 5.91 Å². The minimum atomic E-state index is -0.0574. The lowest BCUT2D eigenvalue weighted by Crippen LogP contribution is -2.37. The highest BCUT2D eigenvalue weighted by Gasteiger charge is 2.10. The Kier molecular flexibility index (Phi) is 32.7. The van der Waals surface area contributed by atoms with E-state index in [1.54, 1.807) is 0 Å². The molecular weight excluding hydrogens is 478 g/mol. The molecule has 0 aliphatic carbocycles. The van der Waals surface area contributed by atoms with Crippen LogP contribution in [0.4, 0.5) is 0 Å². The van der Waals surface area contributed by atoms with Crippen LogP contribution in [-0.4, -0.2) is 23.7 Å². The maximum atomic E-state index is 12.3. The third-order valence-corrected chi connectivity index (χ3v) is 8.16. The molecule has 0 aromatic carbocycles. The summed E-state index contributed by atoms with van der Waals surface area (Å²) in [6, 6.07) is -0.0574. The quantitative estimate of drug-likeness (QED) is 0.0647. The van der Waals surface area contributed by atoms with E-state index >= 15 is 0 Å². The van der Waals surface area contributed by atoms with Crippen LogP contribution in [0.3, 0.4) is 0 Å². The van der Waals surface area contributed by atoms with E-state index in [1.165, 1.54) is 154 Å². The molecular formula is C36H71NO2. The number of carbonyl (C=O) groups excluding carboxylic acids is 1. The number of carbonyl (C=O) groups is 1. The van der Waals surface area contributed by atoms with Crippen LogP contribution in [0.25, 0.3) is 0 Å². The van der Waals surface area contributed by atoms with E-state index in [0.717, 1.165) is 25.7 Å². The number of hydrogen-bond donors (Lipinski definition) is 2. The lowest BCUT2D eigenvalue weighted by Gasteiger charge is -2.16. The SMILES string of the molecule is CCCCCCCC/C=C/CCCCCCCC(=O)N[C@@H](CO)CCCCCCCCCCCCCCCC. The number of aliphatic hydroxyl groups excluding tert-OH is 1. The fourth-order valence-electron chi connectivity index (χ4n) is 5.45. The van der Waals surface area contributed by atoms with Gasteiger partial charge in [0.2, 0.25) is 5.91 Å². The fraction of sp³-hybridized carbons (Fsp3) is 0.917. The number of amides is 1. The Labute approximate surface area is 245 Å². The van der Waals surface area contributed by atoms with Crippen molar-refractivity contribution in [2.75, 3.05) is 6.61 Å². The first-order chi connectivity index (χ1) is 19.2. The first-order valence-electron chi connectivity index (χ1n) is 17.8. The van der Waals surface area contributed by atoms with Crippen LogP contribution in [-0.2, 0) is 4.79 Å². The Morgan fingerprint density at radius 1 is 0.538 bits per heavy atom. The summed E-state index contributed by atoms with van der Waals surface area (Å²) in [5, 5.41) is 12.7. The molecule has 0 saturated heterocycles. The van der Waals surface area contributed by atoms with Gasteiger partial charge in [0.15, 0.2) is 0 Å². The summed E-state index contributed by atoms with van der Waals surface area (Å²) in [4.78, 5) is 12.3. The number of hydrogen-bond acceptors (Lipinski definition) is 2. The lowest BCUT2D eigenvalue weighted by atomic mass is 10.0. The summed E-state index contributed by atoms with van der Waals surface area (Å²) in [5.74, 6) is 0.122. The molecule has 0 fully saturated rings. The van der Waals surface area contributed by atoms with Gasteiger partial charge in [0.25, 0.3) is 0 Å². The summed E-state index contributed by atoms with van der Waals surface area (Å²) in [5.41, 5.74) is 0. The van der Waals surface area contributed by atoms with Gasteiger partial charge in [0.1, 0.15) is 0 Å². The summed E-state index contributed by atoms with van der Waals surface area (Å²) in [6.45, 7) is 4.62. The Morgan fingerprint density at radius 2 is 0.897 bits per heavy atom. The molecule has 0 aliphatic heterocycles. The molecule has 1 amide bonds. The topological polar surface area (TPSA) is 49.3 Å². The molecule has 39 heavy (non-hydrogen) atoms. The fourth-order valence-corrected chi connectivity index (χ4v) is 5.45. The van der Waals surface area contributed by atoms with Crippen LogP contribution >= 0.6 is 0 Å². The molecule has 1 atom stereocenters. The molecule has 232 valence electrons. The molecule has 0 aromatic heterocycles. The van der Waals surface area contributed by atoms with Gasteiger partial charge in [0, 0.05) is 6.42 Å². The molecule has 0 heterocycles. The van der Waals surface area contributed by atoms with E-state index in [2.05, 4.69) is 31.3 Å². The molecule has 0 aliphatic rings. The number of aliphatic hydroxyl groups is 1. The minimum Gasteiger partial charge on any atom is -0.394 e. The Balaban J connectivity index is 3.44. The molecule has 0 aromatic rings. The van der Waals surface area contributed by atoms with Crippen LogP contribution < -0.4 is 5.32 Å². The van der Waals surface area contributed by atoms with Crippen molar-refractivity contribution in [2.24, 2.45) is 0 Å². The van der Waals surface area contributed by atoms with Crippen molar-refractivity contribution in [3.05, 3.63) is 12.2 Å². The molecule has 0 rings (SSSR count). The van der Waals surface area contributed by atoms with Crippen LogP contribution in [0.1, 0.15) is 200 Å². The van der Waals surface area contributed by atoms with Gasteiger partial charge >= 0.3 is 0 Å². The van der Waals surface area contributed by atoms with E-state index in [-0.39, 0.29) is 18.6 Å². The molecule has 3 heteroatoms. The summed E-state index contributed by atoms with van der Waals surface area (Å²) in [6.07, 6.45) is 41.8. The van der Waals surface area contributed by atoms with Crippen LogP contribution in [0.5, 0.6) is 0 Å². The smallest absolute Gasteiger partial charge is 0.220 e. The van der Waals surface area contributed by atoms with Crippen molar-refractivity contribution in [3.8, 4) is 0 Å². The first-order valence-corrected chi connectivity index (χ1v) is 17.8. The second-order valence-corrected chi connectivity index (χ2v) is 12.2. The van der Waals surface area contributed by atoms with E-state index in [1.807, 2.05) is 0 Å². The maximum Gasteiger partial charge on any atom is 0.220 e. The Bertz CT molecular complexity index is 504. The summed E-state index contributed by atoms with van der Waals surface area (Å²) >= 11 is 0. The van der Waals surface area contributed by atoms with E-state index in [0.29, 0.717) is 6.42 Å². The van der Waals surface area contributed by atoms with Gasteiger partial charge in [-0.3, -0.25) is 4.79 Å². The largest absolute Gasteiger partial charge is 0.394 e. The number of unbranched alkanes of at least 4 members (excludes halogenated alkanes) is 24. The maximum absolute atomic E-state index is 12.3. The van der Waals surface area contributed by atoms with Gasteiger partial charge in [-0.25, -0.2) is 0 Å². The van der Waals surface area contributed by atoms with Crippen molar-refractivity contribution in [1.29, 1.82) is 0 Å². The second kappa shape index (κ2) is 33.4. The summed E-state index contributed by atoms with van der Waals surface area (Å²) in [7, 11) is 0. The van der Waals surface area contributed by atoms with Gasteiger partial charge in [-0.05, 0) is 38.5 Å². The van der Waals surface area contributed by atoms with Gasteiger partial charge in [-0.1, -0.05) is 167 Å². The van der Waals surface area contributed by atoms with E-state index < -0.39 is 0 Å². The van der Waals surface area contributed by atoms with Crippen molar-refractivity contribution in [3.63, 3.8) is 0 Å². The molecule has 0 spiro atoms. The van der Waals surface area contributed by atoms with E-state index in [4.69, 9.17) is 0 Å². The third-order valence-electron chi connectivity index (χ3n) is 8.16. The Hall–Kier alpha value is -0.830. The van der Waals surface area contributed by atoms with Gasteiger partial charge in [-0.15, -0.1) is 0 Å². The van der Waals surface area contributed by atoms with Crippen molar-refractivity contribution in [2.45, 2.75) is 206 Å². The number of nitrogens with one attached hydrogen (secondary N) is 1. The highest BCUT2D eigenvalue weighted by molar-refractivity contribution is 5.76. The van der Waals surface area contributed by atoms with E-state index in [9.17, 15) is 9.90 Å². The van der Waals surface area contributed by atoms with Crippen LogP contribution in [0.2, 0.25) is 0 Å². The van der Waals surface area contributed by atoms with Gasteiger partial charge in [-0.2, -0.15) is 0 Å². The zero-order valence-corrected chi connectivity index (χ0v) is 26.8. The van der Waals surface area contributed by atoms with Crippen molar-refractivity contribution < 1.29 is 9.90 Å². The predicted octanol–water partition coefficient (Wildman–Crippen LogP) is 11.4. The Morgan fingerprint density at radius 3 is 1.31 bits per heavy atom. The monoisotopic (exact) mass is 550 g/mol. The molecule has 2 N–H and O–H groups in total. The standard InChI is InChI=1S/C36H71NO2/c1-3-5-7-9-11-13-15-17-19-21-23-25-27-29-31-33-36(39)37-35(34-38)32-30-28-26-24-22-20-18-16-14-12-10-8-6-4-2/h17,19,35,38H,3-16,18,20-34H2,1-2H3,(H,37,39)/b19-17+/t35-/m1/s1. The van der Waals surface area contributed by atoms with Gasteiger partial charge in [0.05, 0.1) is 12.6 Å². The molecule has 0 radical (unpaired) electrons. The van der Waals surface area contributed by atoms with Crippen LogP contribution in [0, 0.1) is 0 Å². The summed E-state index contributed by atoms with van der Waals surface area (Å²) < 4.78 is 0. The van der Waals surface area contributed by atoms with Crippen LogP contribution in [0.15, 0.2) is 12.2 Å². The number of allylic oxidation sites excluding steroid dienone is 2. The highest BCUT2D eigenvalue weighted by Crippen LogP contribution is 2.14. The van der Waals surface area contributed by atoms with Crippen molar-refractivity contribution in [1.82, 2.24) is 5.32 Å². The lowest BCUT2D eigenvalue weighted by molar-refractivity contribution is -0.122.